The maximum absolute atomic E-state index is 11.5. The van der Waals surface area contributed by atoms with Gasteiger partial charge in [-0.1, -0.05) is 96.3 Å². The average Bonchev–Trinajstić information content (AvgIpc) is 2.55. The first-order chi connectivity index (χ1) is 11.5. The Balaban J connectivity index is 2.22. The zero-order chi connectivity index (χ0) is 17.8. The van der Waals surface area contributed by atoms with Crippen LogP contribution in [0.15, 0.2) is 29.2 Å². The molecule has 0 radical (unpaired) electrons. The topological polar surface area (TPSA) is 54.4 Å². The fraction of sp³-hybridized carbons (Fsp3) is 0.700. The number of hydrogen-bond acceptors (Lipinski definition) is 2. The molecule has 1 unspecified atom stereocenters. The molecule has 1 aromatic rings. The van der Waals surface area contributed by atoms with Crippen LogP contribution in [0.4, 0.5) is 0 Å². The van der Waals surface area contributed by atoms with Crippen molar-refractivity contribution in [3.05, 3.63) is 29.8 Å². The molecule has 1 rings (SSSR count). The highest BCUT2D eigenvalue weighted by molar-refractivity contribution is 7.85. The third kappa shape index (κ3) is 8.29. The van der Waals surface area contributed by atoms with E-state index in [1.807, 2.05) is 19.1 Å². The quantitative estimate of drug-likeness (QED) is 0.332. The normalized spacial score (nSPS) is 13.1. The molecule has 0 aliphatic rings. The molecule has 0 bridgehead atoms. The van der Waals surface area contributed by atoms with Crippen molar-refractivity contribution in [1.82, 2.24) is 0 Å². The molecule has 0 heterocycles. The minimum absolute atomic E-state index is 0.0598. The lowest BCUT2D eigenvalue weighted by Gasteiger charge is -2.14. The lowest BCUT2D eigenvalue weighted by molar-refractivity contribution is 0.479. The Morgan fingerprint density at radius 1 is 0.875 bits per heavy atom. The molecule has 1 atom stereocenters. The highest BCUT2D eigenvalue weighted by Gasteiger charge is 2.18. The van der Waals surface area contributed by atoms with E-state index >= 15 is 0 Å². The molecular formula is C20H34O3S. The SMILES string of the molecule is CCCCCCCCCCCCC(C)c1ccccc1S(=O)(=O)O. The predicted molar refractivity (Wildman–Crippen MR) is 101 cm³/mol. The molecule has 0 aromatic heterocycles. The van der Waals surface area contributed by atoms with E-state index in [0.717, 1.165) is 18.4 Å². The van der Waals surface area contributed by atoms with Crippen LogP contribution in [0.25, 0.3) is 0 Å². The average molecular weight is 355 g/mol. The zero-order valence-electron chi connectivity index (χ0n) is 15.3. The minimum atomic E-state index is -4.13. The summed E-state index contributed by atoms with van der Waals surface area (Å²) in [7, 11) is -4.13. The van der Waals surface area contributed by atoms with Crippen LogP contribution in [-0.2, 0) is 10.1 Å². The third-order valence-electron chi connectivity index (χ3n) is 4.72. The van der Waals surface area contributed by atoms with Crippen molar-refractivity contribution in [2.24, 2.45) is 0 Å². The van der Waals surface area contributed by atoms with Crippen LogP contribution in [-0.4, -0.2) is 13.0 Å². The minimum Gasteiger partial charge on any atom is -0.282 e. The van der Waals surface area contributed by atoms with Gasteiger partial charge in [0.1, 0.15) is 0 Å². The molecule has 138 valence electrons. The van der Waals surface area contributed by atoms with E-state index in [-0.39, 0.29) is 10.8 Å². The summed E-state index contributed by atoms with van der Waals surface area (Å²) in [4.78, 5) is 0.0598. The standard InChI is InChI=1S/C20H34O3S/c1-3-4-5-6-7-8-9-10-11-12-15-18(2)19-16-13-14-17-20(19)24(21,22)23/h13-14,16-18H,3-12,15H2,1-2H3,(H,21,22,23). The van der Waals surface area contributed by atoms with Crippen molar-refractivity contribution < 1.29 is 13.0 Å². The smallest absolute Gasteiger partial charge is 0.282 e. The van der Waals surface area contributed by atoms with Gasteiger partial charge < -0.3 is 0 Å². The van der Waals surface area contributed by atoms with Gasteiger partial charge in [0.25, 0.3) is 10.1 Å². The van der Waals surface area contributed by atoms with Gasteiger partial charge in [0, 0.05) is 0 Å². The second kappa shape index (κ2) is 11.6. The monoisotopic (exact) mass is 354 g/mol. The lowest BCUT2D eigenvalue weighted by Crippen LogP contribution is -2.05. The first-order valence-corrected chi connectivity index (χ1v) is 11.0. The first-order valence-electron chi connectivity index (χ1n) is 9.53. The maximum atomic E-state index is 11.5. The Labute approximate surface area is 148 Å². The van der Waals surface area contributed by atoms with Crippen molar-refractivity contribution >= 4 is 10.1 Å². The Morgan fingerprint density at radius 2 is 1.38 bits per heavy atom. The van der Waals surface area contributed by atoms with E-state index in [2.05, 4.69) is 6.92 Å². The summed E-state index contributed by atoms with van der Waals surface area (Å²) in [6, 6.07) is 6.78. The van der Waals surface area contributed by atoms with Gasteiger partial charge in [0.15, 0.2) is 0 Å². The molecule has 3 nitrogen and oxygen atoms in total. The van der Waals surface area contributed by atoms with Crippen molar-refractivity contribution in [3.8, 4) is 0 Å². The second-order valence-corrected chi connectivity index (χ2v) is 8.27. The molecule has 4 heteroatoms. The summed E-state index contributed by atoms with van der Waals surface area (Å²) in [5.74, 6) is 0.150. The van der Waals surface area contributed by atoms with Crippen LogP contribution in [0.3, 0.4) is 0 Å². The maximum Gasteiger partial charge on any atom is 0.294 e. The largest absolute Gasteiger partial charge is 0.294 e. The molecule has 24 heavy (non-hydrogen) atoms. The molecule has 0 saturated heterocycles. The predicted octanol–water partition coefficient (Wildman–Crippen LogP) is 6.35. The molecule has 0 spiro atoms. The van der Waals surface area contributed by atoms with Gasteiger partial charge >= 0.3 is 0 Å². The summed E-state index contributed by atoms with van der Waals surface area (Å²) in [6.07, 6.45) is 14.0. The number of benzene rings is 1. The highest BCUT2D eigenvalue weighted by Crippen LogP contribution is 2.28. The highest BCUT2D eigenvalue weighted by atomic mass is 32.2. The second-order valence-electron chi connectivity index (χ2n) is 6.88. The van der Waals surface area contributed by atoms with Crippen molar-refractivity contribution in [1.29, 1.82) is 0 Å². The van der Waals surface area contributed by atoms with Crippen molar-refractivity contribution in [2.75, 3.05) is 0 Å². The van der Waals surface area contributed by atoms with E-state index < -0.39 is 10.1 Å². The Bertz CT molecular complexity index is 552. The number of rotatable bonds is 13. The molecule has 0 saturated carbocycles. The summed E-state index contributed by atoms with van der Waals surface area (Å²) in [6.45, 7) is 4.28. The first kappa shape index (κ1) is 21.2. The van der Waals surface area contributed by atoms with E-state index in [4.69, 9.17) is 0 Å². The van der Waals surface area contributed by atoms with Gasteiger partial charge in [-0.25, -0.2) is 0 Å². The molecule has 0 aliphatic heterocycles. The molecule has 1 N–H and O–H groups in total. The fourth-order valence-corrected chi connectivity index (χ4v) is 4.03. The Morgan fingerprint density at radius 3 is 1.92 bits per heavy atom. The summed E-state index contributed by atoms with van der Waals surface area (Å²) < 4.78 is 32.2. The van der Waals surface area contributed by atoms with Crippen LogP contribution < -0.4 is 0 Å². The van der Waals surface area contributed by atoms with Gasteiger partial charge in [0.05, 0.1) is 4.90 Å². The Kier molecular flexibility index (Phi) is 10.3. The van der Waals surface area contributed by atoms with Gasteiger partial charge in [-0.3, -0.25) is 4.55 Å². The summed E-state index contributed by atoms with van der Waals surface area (Å²) in [5.41, 5.74) is 0.732. The van der Waals surface area contributed by atoms with Gasteiger partial charge in [0.2, 0.25) is 0 Å². The fourth-order valence-electron chi connectivity index (χ4n) is 3.22. The van der Waals surface area contributed by atoms with Crippen molar-refractivity contribution in [2.45, 2.75) is 95.3 Å². The van der Waals surface area contributed by atoms with Gasteiger partial charge in [-0.15, -0.1) is 0 Å². The van der Waals surface area contributed by atoms with E-state index in [1.165, 1.54) is 63.9 Å². The van der Waals surface area contributed by atoms with E-state index in [0.29, 0.717) is 0 Å². The third-order valence-corrected chi connectivity index (χ3v) is 5.65. The Hall–Kier alpha value is -0.870. The zero-order valence-corrected chi connectivity index (χ0v) is 16.2. The van der Waals surface area contributed by atoms with Crippen molar-refractivity contribution in [3.63, 3.8) is 0 Å². The molecule has 0 amide bonds. The number of unbranched alkanes of at least 4 members (excludes halogenated alkanes) is 9. The molecule has 0 aliphatic carbocycles. The lowest BCUT2D eigenvalue weighted by atomic mass is 9.94. The van der Waals surface area contributed by atoms with Gasteiger partial charge in [-0.05, 0) is 24.0 Å². The van der Waals surface area contributed by atoms with Crippen LogP contribution in [0.1, 0.15) is 96.0 Å². The summed E-state index contributed by atoms with van der Waals surface area (Å²) in [5, 5.41) is 0. The van der Waals surface area contributed by atoms with Crippen LogP contribution in [0.5, 0.6) is 0 Å². The molecule has 1 aromatic carbocycles. The van der Waals surface area contributed by atoms with E-state index in [9.17, 15) is 13.0 Å². The summed E-state index contributed by atoms with van der Waals surface area (Å²) >= 11 is 0. The molecular weight excluding hydrogens is 320 g/mol. The van der Waals surface area contributed by atoms with Crippen LogP contribution >= 0.6 is 0 Å². The molecule has 0 fully saturated rings. The van der Waals surface area contributed by atoms with Crippen LogP contribution in [0.2, 0.25) is 0 Å². The number of hydrogen-bond donors (Lipinski definition) is 1. The van der Waals surface area contributed by atoms with Gasteiger partial charge in [-0.2, -0.15) is 8.42 Å². The van der Waals surface area contributed by atoms with Crippen LogP contribution in [0, 0.1) is 0 Å². The van der Waals surface area contributed by atoms with E-state index in [1.54, 1.807) is 6.07 Å².